The number of nitrogens with one attached hydrogen (secondary N) is 1. The fraction of sp³-hybridized carbons (Fsp3) is 0.625. The summed E-state index contributed by atoms with van der Waals surface area (Å²) in [4.78, 5) is 0. The van der Waals surface area contributed by atoms with Crippen molar-refractivity contribution in [3.05, 3.63) is 35.4 Å². The van der Waals surface area contributed by atoms with Crippen LogP contribution in [0.25, 0.3) is 0 Å². The smallest absolute Gasteiger partial charge is 0.0623 e. The number of hydrogen-bond acceptors (Lipinski definition) is 3. The fourth-order valence-corrected chi connectivity index (χ4v) is 3.07. The van der Waals surface area contributed by atoms with E-state index in [1.165, 1.54) is 11.1 Å². The number of hydrazine groups is 1. The number of hydrogen-bond donors (Lipinski definition) is 1. The van der Waals surface area contributed by atoms with Crippen molar-refractivity contribution in [1.82, 2.24) is 15.3 Å². The van der Waals surface area contributed by atoms with Crippen molar-refractivity contribution >= 4 is 0 Å². The van der Waals surface area contributed by atoms with Crippen LogP contribution in [0, 0.1) is 0 Å². The Labute approximate surface area is 117 Å². The molecule has 0 aliphatic carbocycles. The minimum Gasteiger partial charge on any atom is -0.313 e. The summed E-state index contributed by atoms with van der Waals surface area (Å²) < 4.78 is 0. The molecule has 3 nitrogen and oxygen atoms in total. The van der Waals surface area contributed by atoms with Gasteiger partial charge >= 0.3 is 0 Å². The van der Waals surface area contributed by atoms with Gasteiger partial charge in [0.05, 0.1) is 6.04 Å². The first-order chi connectivity index (χ1) is 9.31. The molecule has 2 rings (SSSR count). The molecule has 19 heavy (non-hydrogen) atoms. The monoisotopic (exact) mass is 261 g/mol. The summed E-state index contributed by atoms with van der Waals surface area (Å²) in [5, 5.41) is 8.58. The second-order valence-corrected chi connectivity index (χ2v) is 5.07. The van der Waals surface area contributed by atoms with Crippen molar-refractivity contribution < 1.29 is 0 Å². The lowest BCUT2D eigenvalue weighted by Gasteiger charge is -2.43. The summed E-state index contributed by atoms with van der Waals surface area (Å²) >= 11 is 0. The van der Waals surface area contributed by atoms with Gasteiger partial charge in [0.2, 0.25) is 0 Å². The van der Waals surface area contributed by atoms with E-state index in [9.17, 15) is 0 Å². The van der Waals surface area contributed by atoms with Crippen LogP contribution in [-0.2, 0) is 6.42 Å². The van der Waals surface area contributed by atoms with Crippen molar-refractivity contribution in [2.24, 2.45) is 0 Å². The highest BCUT2D eigenvalue weighted by Crippen LogP contribution is 2.27. The van der Waals surface area contributed by atoms with Crippen LogP contribution < -0.4 is 5.32 Å². The highest BCUT2D eigenvalue weighted by Gasteiger charge is 2.28. The fourth-order valence-electron chi connectivity index (χ4n) is 3.07. The quantitative estimate of drug-likeness (QED) is 0.878. The Kier molecular flexibility index (Phi) is 5.37. The number of aryl methyl sites for hydroxylation is 1. The van der Waals surface area contributed by atoms with E-state index < -0.39 is 0 Å². The molecule has 1 aliphatic rings. The summed E-state index contributed by atoms with van der Waals surface area (Å²) in [5.74, 6) is 0. The van der Waals surface area contributed by atoms with Gasteiger partial charge in [-0.15, -0.1) is 0 Å². The second kappa shape index (κ2) is 7.04. The summed E-state index contributed by atoms with van der Waals surface area (Å²) in [7, 11) is 0. The van der Waals surface area contributed by atoms with E-state index in [0.717, 1.165) is 39.1 Å². The maximum Gasteiger partial charge on any atom is 0.0623 e. The Bertz CT molecular complexity index is 387. The molecule has 0 bridgehead atoms. The molecular formula is C16H27N3. The zero-order valence-corrected chi connectivity index (χ0v) is 12.5. The van der Waals surface area contributed by atoms with Crippen LogP contribution in [0.15, 0.2) is 24.3 Å². The molecule has 0 amide bonds. The van der Waals surface area contributed by atoms with Gasteiger partial charge < -0.3 is 5.32 Å². The van der Waals surface area contributed by atoms with Gasteiger partial charge in [-0.2, -0.15) is 0 Å². The molecule has 1 N–H and O–H groups in total. The van der Waals surface area contributed by atoms with Crippen molar-refractivity contribution in [3.63, 3.8) is 0 Å². The van der Waals surface area contributed by atoms with Crippen LogP contribution in [0.1, 0.15) is 37.9 Å². The molecule has 0 aromatic heterocycles. The Morgan fingerprint density at radius 3 is 2.63 bits per heavy atom. The topological polar surface area (TPSA) is 18.5 Å². The van der Waals surface area contributed by atoms with Gasteiger partial charge in [0.15, 0.2) is 0 Å². The van der Waals surface area contributed by atoms with Gasteiger partial charge in [-0.25, -0.2) is 10.0 Å². The third-order valence-corrected chi connectivity index (χ3v) is 4.10. The molecule has 0 saturated carbocycles. The predicted molar refractivity (Wildman–Crippen MR) is 81.1 cm³/mol. The summed E-state index contributed by atoms with van der Waals surface area (Å²) in [5.41, 5.74) is 2.97. The highest BCUT2D eigenvalue weighted by atomic mass is 15.6. The van der Waals surface area contributed by atoms with Gasteiger partial charge in [0.25, 0.3) is 0 Å². The van der Waals surface area contributed by atoms with E-state index in [2.05, 4.69) is 60.4 Å². The van der Waals surface area contributed by atoms with E-state index >= 15 is 0 Å². The second-order valence-electron chi connectivity index (χ2n) is 5.07. The molecule has 3 heteroatoms. The maximum absolute atomic E-state index is 3.55. The summed E-state index contributed by atoms with van der Waals surface area (Å²) in [6, 6.07) is 9.37. The van der Waals surface area contributed by atoms with Crippen LogP contribution in [0.2, 0.25) is 0 Å². The van der Waals surface area contributed by atoms with Gasteiger partial charge in [-0.1, -0.05) is 45.0 Å². The first kappa shape index (κ1) is 14.5. The number of piperazine rings is 1. The standard InChI is InChI=1S/C16H27N3/c1-4-14-9-7-8-10-15(14)16-13-17-11-12-19(16)18(5-2)6-3/h7-10,16-17H,4-6,11-13H2,1-3H3. The highest BCUT2D eigenvalue weighted by molar-refractivity contribution is 5.30. The largest absolute Gasteiger partial charge is 0.313 e. The number of nitrogens with zero attached hydrogens (tertiary/aromatic N) is 2. The van der Waals surface area contributed by atoms with Crippen molar-refractivity contribution in [3.8, 4) is 0 Å². The third-order valence-electron chi connectivity index (χ3n) is 4.10. The first-order valence-electron chi connectivity index (χ1n) is 7.61. The van der Waals surface area contributed by atoms with E-state index in [4.69, 9.17) is 0 Å². The molecule has 1 atom stereocenters. The summed E-state index contributed by atoms with van der Waals surface area (Å²) in [6.45, 7) is 12.1. The Balaban J connectivity index is 2.28. The van der Waals surface area contributed by atoms with Crippen molar-refractivity contribution in [2.75, 3.05) is 32.7 Å². The average molecular weight is 261 g/mol. The van der Waals surface area contributed by atoms with Crippen LogP contribution >= 0.6 is 0 Å². The number of benzene rings is 1. The molecule has 1 aromatic rings. The Morgan fingerprint density at radius 2 is 1.95 bits per heavy atom. The number of rotatable bonds is 5. The van der Waals surface area contributed by atoms with Crippen LogP contribution in [0.3, 0.4) is 0 Å². The third kappa shape index (κ3) is 3.16. The molecule has 1 fully saturated rings. The van der Waals surface area contributed by atoms with Crippen LogP contribution in [-0.4, -0.2) is 42.7 Å². The van der Waals surface area contributed by atoms with Crippen molar-refractivity contribution in [2.45, 2.75) is 33.2 Å². The van der Waals surface area contributed by atoms with E-state index in [-0.39, 0.29) is 0 Å². The van der Waals surface area contributed by atoms with Crippen LogP contribution in [0.4, 0.5) is 0 Å². The zero-order valence-electron chi connectivity index (χ0n) is 12.5. The minimum absolute atomic E-state index is 0.477. The normalized spacial score (nSPS) is 20.9. The molecular weight excluding hydrogens is 234 g/mol. The first-order valence-corrected chi connectivity index (χ1v) is 7.61. The van der Waals surface area contributed by atoms with E-state index in [0.29, 0.717) is 6.04 Å². The molecule has 1 unspecified atom stereocenters. The Morgan fingerprint density at radius 1 is 1.21 bits per heavy atom. The lowest BCUT2D eigenvalue weighted by Crippen LogP contribution is -2.54. The van der Waals surface area contributed by atoms with E-state index in [1.54, 1.807) is 0 Å². The van der Waals surface area contributed by atoms with Crippen LogP contribution in [0.5, 0.6) is 0 Å². The maximum atomic E-state index is 3.55. The van der Waals surface area contributed by atoms with Gasteiger partial charge in [0, 0.05) is 32.7 Å². The van der Waals surface area contributed by atoms with Gasteiger partial charge in [-0.3, -0.25) is 0 Å². The predicted octanol–water partition coefficient (Wildman–Crippen LogP) is 2.45. The lowest BCUT2D eigenvalue weighted by molar-refractivity contribution is -0.0667. The van der Waals surface area contributed by atoms with Crippen molar-refractivity contribution in [1.29, 1.82) is 0 Å². The molecule has 0 radical (unpaired) electrons. The summed E-state index contributed by atoms with van der Waals surface area (Å²) in [6.07, 6.45) is 1.11. The minimum atomic E-state index is 0.477. The van der Waals surface area contributed by atoms with Gasteiger partial charge in [-0.05, 0) is 17.5 Å². The van der Waals surface area contributed by atoms with Gasteiger partial charge in [0.1, 0.15) is 0 Å². The molecule has 1 aromatic carbocycles. The molecule has 1 saturated heterocycles. The SMILES string of the molecule is CCc1ccccc1C1CNCCN1N(CC)CC. The lowest BCUT2D eigenvalue weighted by atomic mass is 9.97. The van der Waals surface area contributed by atoms with E-state index in [1.807, 2.05) is 0 Å². The average Bonchev–Trinajstić information content (AvgIpc) is 2.49. The molecule has 1 heterocycles. The molecule has 106 valence electrons. The zero-order chi connectivity index (χ0) is 13.7. The molecule has 1 aliphatic heterocycles. The Hall–Kier alpha value is -0.900. The molecule has 0 spiro atoms.